The highest BCUT2D eigenvalue weighted by Crippen LogP contribution is 2.43. The second-order valence-electron chi connectivity index (χ2n) is 23.9. The van der Waals surface area contributed by atoms with Crippen LogP contribution >= 0.6 is 7.82 Å². The van der Waals surface area contributed by atoms with Gasteiger partial charge in [-0.25, -0.2) is 4.57 Å². The molecule has 0 aromatic heterocycles. The first-order valence-corrected chi connectivity index (χ1v) is 33.9. The second-order valence-corrected chi connectivity index (χ2v) is 25.3. The van der Waals surface area contributed by atoms with Crippen LogP contribution in [0, 0.1) is 0 Å². The highest BCUT2D eigenvalue weighted by molar-refractivity contribution is 7.47. The molecule has 1 unspecified atom stereocenters. The molecule has 0 aliphatic heterocycles. The molecule has 0 saturated heterocycles. The van der Waals surface area contributed by atoms with Crippen molar-refractivity contribution in [1.82, 2.24) is 5.32 Å². The fourth-order valence-corrected chi connectivity index (χ4v) is 11.0. The van der Waals surface area contributed by atoms with E-state index < -0.39 is 20.0 Å². The van der Waals surface area contributed by atoms with Gasteiger partial charge in [-0.1, -0.05) is 328 Å². The number of phosphoric ester groups is 1. The number of hydrogen-bond acceptors (Lipinski definition) is 5. The molecule has 0 radical (unpaired) electrons. The number of carbonyl (C=O) groups excluding carboxylic acids is 1. The predicted molar refractivity (Wildman–Crippen MR) is 314 cm³/mol. The summed E-state index contributed by atoms with van der Waals surface area (Å²) in [6.45, 7) is 4.95. The number of amides is 1. The van der Waals surface area contributed by atoms with Crippen molar-refractivity contribution in [1.29, 1.82) is 0 Å². The maximum absolute atomic E-state index is 13.0. The lowest BCUT2D eigenvalue weighted by Crippen LogP contribution is -2.46. The van der Waals surface area contributed by atoms with Gasteiger partial charge in [-0.15, -0.1) is 0 Å². The van der Waals surface area contributed by atoms with Gasteiger partial charge in [0, 0.05) is 6.42 Å². The molecule has 0 saturated carbocycles. The molecular weight excluding hydrogens is 912 g/mol. The number of nitrogens with one attached hydrogen (secondary N) is 1. The first kappa shape index (κ1) is 71.5. The largest absolute Gasteiger partial charge is 0.472 e. The van der Waals surface area contributed by atoms with Crippen LogP contribution in [0.4, 0.5) is 0 Å². The van der Waals surface area contributed by atoms with Crippen LogP contribution in [0.2, 0.25) is 0 Å². The van der Waals surface area contributed by atoms with Gasteiger partial charge in [-0.05, 0) is 12.8 Å². The lowest BCUT2D eigenvalue weighted by molar-refractivity contribution is -0.870. The van der Waals surface area contributed by atoms with E-state index in [2.05, 4.69) is 19.2 Å². The average molecular weight is 1040 g/mol. The Labute approximate surface area is 450 Å². The number of quaternary nitrogens is 1. The van der Waals surface area contributed by atoms with Gasteiger partial charge in [0.15, 0.2) is 0 Å². The summed E-state index contributed by atoms with van der Waals surface area (Å²) in [6, 6.07) is -0.755. The zero-order chi connectivity index (χ0) is 52.7. The van der Waals surface area contributed by atoms with Gasteiger partial charge in [-0.2, -0.15) is 0 Å². The van der Waals surface area contributed by atoms with E-state index in [1.165, 1.54) is 283 Å². The van der Waals surface area contributed by atoms with E-state index in [1.54, 1.807) is 0 Å². The second kappa shape index (κ2) is 55.3. The summed E-state index contributed by atoms with van der Waals surface area (Å²) in [5.41, 5.74) is 0. The van der Waals surface area contributed by atoms with Crippen molar-refractivity contribution in [2.45, 2.75) is 360 Å². The molecule has 0 spiro atoms. The first-order valence-electron chi connectivity index (χ1n) is 32.4. The van der Waals surface area contributed by atoms with Gasteiger partial charge < -0.3 is 19.8 Å². The van der Waals surface area contributed by atoms with E-state index in [4.69, 9.17) is 9.05 Å². The van der Waals surface area contributed by atoms with Gasteiger partial charge in [-0.3, -0.25) is 13.8 Å². The summed E-state index contributed by atoms with van der Waals surface area (Å²) < 4.78 is 23.8. The van der Waals surface area contributed by atoms with E-state index in [-0.39, 0.29) is 19.1 Å². The van der Waals surface area contributed by atoms with Gasteiger partial charge in [0.2, 0.25) is 5.91 Å². The summed E-state index contributed by atoms with van der Waals surface area (Å²) in [5.74, 6) is -0.135. The summed E-state index contributed by atoms with van der Waals surface area (Å²) in [5, 5.41) is 14.1. The number of aliphatic hydroxyl groups excluding tert-OH is 1. The van der Waals surface area contributed by atoms with Crippen molar-refractivity contribution in [2.24, 2.45) is 0 Å². The molecule has 0 aliphatic carbocycles. The van der Waals surface area contributed by atoms with Crippen molar-refractivity contribution in [3.05, 3.63) is 0 Å². The monoisotopic (exact) mass is 1040 g/mol. The molecule has 0 aromatic carbocycles. The first-order chi connectivity index (χ1) is 35.0. The Hall–Kier alpha value is -0.500. The summed E-state index contributed by atoms with van der Waals surface area (Å²) in [7, 11) is 1.64. The number of likely N-dealkylation sites (N-methyl/N-ethyl adjacent to an activating group) is 1. The number of unbranched alkanes of at least 4 members (excludes halogenated alkanes) is 48. The minimum Gasteiger partial charge on any atom is -0.391 e. The van der Waals surface area contributed by atoms with Crippen molar-refractivity contribution < 1.29 is 32.9 Å². The van der Waals surface area contributed by atoms with Crippen LogP contribution in [0.15, 0.2) is 0 Å². The maximum atomic E-state index is 13.0. The fraction of sp³-hybridized carbons (Fsp3) is 0.984. The lowest BCUT2D eigenvalue weighted by atomic mass is 10.0. The highest BCUT2D eigenvalue weighted by Gasteiger charge is 2.28. The number of rotatable bonds is 61. The van der Waals surface area contributed by atoms with Crippen molar-refractivity contribution in [2.75, 3.05) is 40.9 Å². The molecule has 0 aliphatic rings. The molecule has 9 heteroatoms. The Morgan fingerprint density at radius 3 is 0.931 bits per heavy atom. The number of carbonyl (C=O) groups is 1. The maximum Gasteiger partial charge on any atom is 0.472 e. The number of hydrogen-bond donors (Lipinski definition) is 3. The smallest absolute Gasteiger partial charge is 0.391 e. The number of nitrogens with zero attached hydrogens (tertiary/aromatic N) is 1. The molecule has 3 atom stereocenters. The van der Waals surface area contributed by atoms with Crippen molar-refractivity contribution >= 4 is 13.7 Å². The van der Waals surface area contributed by atoms with E-state index in [0.29, 0.717) is 23.9 Å². The summed E-state index contributed by atoms with van der Waals surface area (Å²) in [4.78, 5) is 23.4. The van der Waals surface area contributed by atoms with Crippen LogP contribution in [-0.2, 0) is 18.4 Å². The van der Waals surface area contributed by atoms with Crippen LogP contribution in [-0.4, -0.2) is 73.4 Å². The average Bonchev–Trinajstić information content (AvgIpc) is 3.34. The standard InChI is InChI=1S/C63H129N2O6P/c1-6-8-10-12-14-16-18-20-22-23-24-25-26-27-28-29-30-31-32-33-34-35-36-37-38-39-40-41-43-45-47-49-51-53-55-57-63(67)64-61(60-71-72(68,69)70-59-58-65(3,4)5)62(66)56-54-52-50-48-46-44-42-21-19-17-15-13-11-9-7-2/h61-62,66H,6-60H2,1-5H3,(H-,64,67,68,69)/p+1/t61-,62+/m0/s1. The molecular formula is C63H130N2O6P+. The molecule has 1 amide bonds. The topological polar surface area (TPSA) is 105 Å². The van der Waals surface area contributed by atoms with Gasteiger partial charge in [0.05, 0.1) is 39.9 Å². The third-order valence-electron chi connectivity index (χ3n) is 15.4. The molecule has 0 bridgehead atoms. The normalized spacial score (nSPS) is 13.7. The van der Waals surface area contributed by atoms with E-state index in [0.717, 1.165) is 38.5 Å². The molecule has 8 nitrogen and oxygen atoms in total. The van der Waals surface area contributed by atoms with Gasteiger partial charge in [0.1, 0.15) is 13.2 Å². The molecule has 72 heavy (non-hydrogen) atoms. The van der Waals surface area contributed by atoms with Crippen LogP contribution in [0.3, 0.4) is 0 Å². The van der Waals surface area contributed by atoms with E-state index >= 15 is 0 Å². The summed E-state index contributed by atoms with van der Waals surface area (Å²) >= 11 is 0. The molecule has 432 valence electrons. The van der Waals surface area contributed by atoms with Crippen LogP contribution < -0.4 is 5.32 Å². The lowest BCUT2D eigenvalue weighted by Gasteiger charge is -2.26. The molecule has 0 fully saturated rings. The van der Waals surface area contributed by atoms with Crippen LogP contribution in [0.1, 0.15) is 348 Å². The zero-order valence-electron chi connectivity index (χ0n) is 49.5. The Morgan fingerprint density at radius 2 is 0.667 bits per heavy atom. The Morgan fingerprint density at radius 1 is 0.417 bits per heavy atom. The SMILES string of the molecule is CCCCCCCCCCCCCCCCCCCCCCCCCCCCCCCCCCCCCC(=O)N[C@@H](COP(=O)(O)OCC[N+](C)(C)C)[C@H](O)CCCCCCCCCCCCCCCCC. The summed E-state index contributed by atoms with van der Waals surface area (Å²) in [6.07, 6.45) is 67.7. The van der Waals surface area contributed by atoms with E-state index in [9.17, 15) is 19.4 Å². The van der Waals surface area contributed by atoms with Crippen LogP contribution in [0.25, 0.3) is 0 Å². The number of aliphatic hydroxyl groups is 1. The van der Waals surface area contributed by atoms with Gasteiger partial charge in [0.25, 0.3) is 0 Å². The van der Waals surface area contributed by atoms with Crippen LogP contribution in [0.5, 0.6) is 0 Å². The molecule has 0 aromatic rings. The zero-order valence-corrected chi connectivity index (χ0v) is 50.4. The predicted octanol–water partition coefficient (Wildman–Crippen LogP) is 20.0. The van der Waals surface area contributed by atoms with Crippen molar-refractivity contribution in [3.8, 4) is 0 Å². The highest BCUT2D eigenvalue weighted by atomic mass is 31.2. The molecule has 0 rings (SSSR count). The third kappa shape index (κ3) is 57.2. The number of phosphoric acid groups is 1. The quantitative estimate of drug-likeness (QED) is 0.0318. The van der Waals surface area contributed by atoms with Gasteiger partial charge >= 0.3 is 7.82 Å². The Balaban J connectivity index is 3.89. The third-order valence-corrected chi connectivity index (χ3v) is 16.3. The minimum atomic E-state index is -4.32. The minimum absolute atomic E-state index is 0.0791. The Kier molecular flexibility index (Phi) is 54.9. The fourth-order valence-electron chi connectivity index (χ4n) is 10.3. The molecule has 0 heterocycles. The Bertz CT molecular complexity index is 1140. The van der Waals surface area contributed by atoms with Crippen molar-refractivity contribution in [3.63, 3.8) is 0 Å². The van der Waals surface area contributed by atoms with E-state index in [1.807, 2.05) is 21.1 Å². The molecule has 3 N–H and O–H groups in total.